The van der Waals surface area contributed by atoms with Crippen LogP contribution in [0.5, 0.6) is 0 Å². The number of amides is 2. The van der Waals surface area contributed by atoms with Crippen LogP contribution < -0.4 is 10.0 Å². The van der Waals surface area contributed by atoms with Crippen molar-refractivity contribution in [1.82, 2.24) is 19.3 Å². The van der Waals surface area contributed by atoms with Gasteiger partial charge in [0.05, 0.1) is 22.8 Å². The van der Waals surface area contributed by atoms with Gasteiger partial charge in [-0.3, -0.25) is 9.59 Å². The van der Waals surface area contributed by atoms with Crippen molar-refractivity contribution in [3.05, 3.63) is 108 Å². The van der Waals surface area contributed by atoms with E-state index in [-0.39, 0.29) is 16.4 Å². The summed E-state index contributed by atoms with van der Waals surface area (Å²) in [7, 11) is -4.14. The first kappa shape index (κ1) is 31.6. The molecular formula is C35H37N5O4S. The quantitative estimate of drug-likeness (QED) is 0.160. The Bertz CT molecular complexity index is 1930. The second kappa shape index (κ2) is 13.9. The fourth-order valence-electron chi connectivity index (χ4n) is 5.18. The molecule has 0 radical (unpaired) electrons. The van der Waals surface area contributed by atoms with Crippen molar-refractivity contribution in [2.24, 2.45) is 0 Å². The molecule has 232 valence electrons. The van der Waals surface area contributed by atoms with Crippen LogP contribution >= 0.6 is 0 Å². The van der Waals surface area contributed by atoms with Crippen molar-refractivity contribution < 1.29 is 18.0 Å². The lowest BCUT2D eigenvalue weighted by Crippen LogP contribution is -2.30. The number of hydrogen-bond acceptors (Lipinski definition) is 6. The zero-order valence-electron chi connectivity index (χ0n) is 25.7. The Morgan fingerprint density at radius 2 is 1.58 bits per heavy atom. The Morgan fingerprint density at radius 3 is 2.29 bits per heavy atom. The molecule has 0 atom stereocenters. The zero-order valence-corrected chi connectivity index (χ0v) is 26.5. The molecule has 0 unspecified atom stereocenters. The molecule has 0 saturated heterocycles. The van der Waals surface area contributed by atoms with Gasteiger partial charge >= 0.3 is 0 Å². The van der Waals surface area contributed by atoms with Gasteiger partial charge in [0, 0.05) is 24.0 Å². The maximum atomic E-state index is 13.3. The van der Waals surface area contributed by atoms with E-state index in [0.717, 1.165) is 53.9 Å². The minimum Gasteiger partial charge on any atom is -0.324 e. The number of nitrogens with one attached hydrogen (secondary N) is 2. The van der Waals surface area contributed by atoms with E-state index in [2.05, 4.69) is 21.5 Å². The first-order valence-corrected chi connectivity index (χ1v) is 16.7. The van der Waals surface area contributed by atoms with E-state index in [1.165, 1.54) is 6.07 Å². The summed E-state index contributed by atoms with van der Waals surface area (Å²) < 4.78 is 30.9. The lowest BCUT2D eigenvalue weighted by atomic mass is 10.0. The summed E-state index contributed by atoms with van der Waals surface area (Å²) in [4.78, 5) is 34.7. The minimum atomic E-state index is -4.14. The van der Waals surface area contributed by atoms with E-state index in [1.807, 2.05) is 44.2 Å². The molecule has 2 aromatic heterocycles. The average Bonchev–Trinajstić information content (AvgIpc) is 3.36. The Labute approximate surface area is 263 Å². The number of pyridine rings is 1. The maximum absolute atomic E-state index is 13.3. The zero-order chi connectivity index (χ0) is 32.0. The molecule has 45 heavy (non-hydrogen) atoms. The minimum absolute atomic E-state index is 0.0194. The summed E-state index contributed by atoms with van der Waals surface area (Å²) in [6.45, 7) is 6.51. The number of aryl methyl sites for hydroxylation is 2. The highest BCUT2D eigenvalue weighted by molar-refractivity contribution is 7.90. The molecule has 9 nitrogen and oxygen atoms in total. The Kier molecular flexibility index (Phi) is 9.73. The average molecular weight is 624 g/mol. The number of rotatable bonds is 12. The monoisotopic (exact) mass is 623 g/mol. The van der Waals surface area contributed by atoms with Crippen molar-refractivity contribution in [3.63, 3.8) is 0 Å². The van der Waals surface area contributed by atoms with E-state index in [9.17, 15) is 18.0 Å². The van der Waals surface area contributed by atoms with Gasteiger partial charge in [-0.2, -0.15) is 0 Å². The molecule has 2 N–H and O–H groups in total. The Balaban J connectivity index is 1.43. The third-order valence-electron chi connectivity index (χ3n) is 7.54. The van der Waals surface area contributed by atoms with Gasteiger partial charge in [0.2, 0.25) is 5.91 Å². The predicted molar refractivity (Wildman–Crippen MR) is 176 cm³/mol. The molecule has 0 bridgehead atoms. The number of anilines is 1. The summed E-state index contributed by atoms with van der Waals surface area (Å²) in [5, 5.41) is 2.96. The molecule has 0 fully saturated rings. The number of hydrogen-bond donors (Lipinski definition) is 2. The summed E-state index contributed by atoms with van der Waals surface area (Å²) in [6, 6.07) is 24.5. The van der Waals surface area contributed by atoms with Gasteiger partial charge in [-0.15, -0.1) is 0 Å². The van der Waals surface area contributed by atoms with E-state index in [0.29, 0.717) is 29.8 Å². The number of imidazole rings is 1. The highest BCUT2D eigenvalue weighted by Gasteiger charge is 2.23. The van der Waals surface area contributed by atoms with Crippen LogP contribution in [0.25, 0.3) is 22.3 Å². The Morgan fingerprint density at radius 1 is 0.867 bits per heavy atom. The van der Waals surface area contributed by atoms with Crippen LogP contribution in [0.3, 0.4) is 0 Å². The predicted octanol–water partition coefficient (Wildman–Crippen LogP) is 6.65. The molecule has 2 amide bonds. The number of unbranched alkanes of at least 4 members (excludes halogenated alkanes) is 1. The number of benzene rings is 3. The summed E-state index contributed by atoms with van der Waals surface area (Å²) in [6.07, 6.45) is 4.01. The van der Waals surface area contributed by atoms with E-state index in [1.54, 1.807) is 48.5 Å². The van der Waals surface area contributed by atoms with Gasteiger partial charge in [-0.05, 0) is 55.2 Å². The fraction of sp³-hybridized carbons (Fsp3) is 0.257. The highest BCUT2D eigenvalue weighted by Crippen LogP contribution is 2.29. The van der Waals surface area contributed by atoms with Crippen LogP contribution in [0, 0.1) is 6.92 Å². The smallest absolute Gasteiger partial charge is 0.264 e. The molecule has 0 aliphatic rings. The van der Waals surface area contributed by atoms with Gasteiger partial charge in [-0.1, -0.05) is 80.9 Å². The SMILES string of the molecule is CCCCc1nc2cc(NC(=O)CCC)c(C)nc2n1Cc1ccc(-c2ccccc2S(=O)(=O)NC(=O)c2ccccc2)cc1. The number of carbonyl (C=O) groups is 2. The largest absolute Gasteiger partial charge is 0.324 e. The lowest BCUT2D eigenvalue weighted by molar-refractivity contribution is -0.116. The molecule has 10 heteroatoms. The topological polar surface area (TPSA) is 123 Å². The van der Waals surface area contributed by atoms with Crippen molar-refractivity contribution in [2.45, 2.75) is 64.3 Å². The van der Waals surface area contributed by atoms with Gasteiger partial charge in [0.25, 0.3) is 15.9 Å². The maximum Gasteiger partial charge on any atom is 0.264 e. The first-order valence-electron chi connectivity index (χ1n) is 15.2. The van der Waals surface area contributed by atoms with E-state index < -0.39 is 15.9 Å². The molecule has 0 aliphatic carbocycles. The van der Waals surface area contributed by atoms with Gasteiger partial charge < -0.3 is 9.88 Å². The molecule has 2 heterocycles. The van der Waals surface area contributed by atoms with Crippen molar-refractivity contribution in [2.75, 3.05) is 5.32 Å². The Hall–Kier alpha value is -4.83. The molecule has 0 spiro atoms. The van der Waals surface area contributed by atoms with Gasteiger partial charge in [-0.25, -0.2) is 23.1 Å². The summed E-state index contributed by atoms with van der Waals surface area (Å²) in [5.74, 6) is 0.192. The lowest BCUT2D eigenvalue weighted by Gasteiger charge is -2.13. The number of carbonyl (C=O) groups excluding carboxylic acids is 2. The molecule has 0 aliphatic heterocycles. The normalized spacial score (nSPS) is 11.4. The molecule has 0 saturated carbocycles. The van der Waals surface area contributed by atoms with Crippen LogP contribution in [-0.2, 0) is 27.8 Å². The van der Waals surface area contributed by atoms with Gasteiger partial charge in [0.1, 0.15) is 11.3 Å². The fourth-order valence-corrected chi connectivity index (χ4v) is 6.39. The van der Waals surface area contributed by atoms with E-state index in [4.69, 9.17) is 9.97 Å². The molecule has 3 aromatic carbocycles. The second-order valence-electron chi connectivity index (χ2n) is 11.0. The number of aromatic nitrogens is 3. The molecule has 5 rings (SSSR count). The van der Waals surface area contributed by atoms with Gasteiger partial charge in [0.15, 0.2) is 5.65 Å². The van der Waals surface area contributed by atoms with Crippen LogP contribution in [-0.4, -0.2) is 34.8 Å². The molecular weight excluding hydrogens is 586 g/mol. The number of nitrogens with zero attached hydrogens (tertiary/aromatic N) is 3. The van der Waals surface area contributed by atoms with E-state index >= 15 is 0 Å². The van der Waals surface area contributed by atoms with Crippen molar-refractivity contribution >= 4 is 38.7 Å². The number of fused-ring (bicyclic) bond motifs is 1. The standard InChI is InChI=1S/C35H37N5O4S/c1-4-6-17-32-37-30-22-29(38-33(41)12-5-2)24(3)36-34(30)40(32)23-25-18-20-26(21-19-25)28-15-10-11-16-31(28)45(43,44)39-35(42)27-13-8-7-9-14-27/h7-11,13-16,18-22H,4-6,12,17,23H2,1-3H3,(H,38,41)(H,39,42). The third kappa shape index (κ3) is 7.29. The summed E-state index contributed by atoms with van der Waals surface area (Å²) in [5.41, 5.74) is 5.32. The molecule has 5 aromatic rings. The summed E-state index contributed by atoms with van der Waals surface area (Å²) >= 11 is 0. The van der Waals surface area contributed by atoms with Crippen molar-refractivity contribution in [3.8, 4) is 11.1 Å². The van der Waals surface area contributed by atoms with Crippen LogP contribution in [0.4, 0.5) is 5.69 Å². The third-order valence-corrected chi connectivity index (χ3v) is 8.93. The highest BCUT2D eigenvalue weighted by atomic mass is 32.2. The number of sulfonamides is 1. The second-order valence-corrected chi connectivity index (χ2v) is 12.6. The van der Waals surface area contributed by atoms with Crippen LogP contribution in [0.1, 0.15) is 67.0 Å². The van der Waals surface area contributed by atoms with Crippen LogP contribution in [0.2, 0.25) is 0 Å². The van der Waals surface area contributed by atoms with Crippen LogP contribution in [0.15, 0.2) is 89.8 Å². The first-order chi connectivity index (χ1) is 21.7. The van der Waals surface area contributed by atoms with Crippen molar-refractivity contribution in [1.29, 1.82) is 0 Å².